The van der Waals surface area contributed by atoms with E-state index in [0.29, 0.717) is 46.9 Å². The molecule has 5 rings (SSSR count). The van der Waals surface area contributed by atoms with E-state index >= 15 is 0 Å². The lowest BCUT2D eigenvalue weighted by atomic mass is 10.1. The lowest BCUT2D eigenvalue weighted by molar-refractivity contribution is 0.209. The van der Waals surface area contributed by atoms with Gasteiger partial charge in [-0.3, -0.25) is 15.0 Å². The maximum Gasteiger partial charge on any atom is 0.411 e. The van der Waals surface area contributed by atoms with Gasteiger partial charge in [0.1, 0.15) is 22.5 Å². The number of hydrogen-bond donors (Lipinski definition) is 4. The largest absolute Gasteiger partial charge is 0.495 e. The number of aliphatic hydroxyl groups excluding tert-OH is 1. The smallest absolute Gasteiger partial charge is 0.411 e. The normalized spacial score (nSPS) is 12.5. The number of carboxylic acid groups (broad SMARTS) is 1. The summed E-state index contributed by atoms with van der Waals surface area (Å²) in [6, 6.07) is 22.8. The number of methoxy groups -OCH3 is 1. The van der Waals surface area contributed by atoms with E-state index in [1.54, 1.807) is 30.3 Å². The van der Waals surface area contributed by atoms with E-state index in [1.807, 2.05) is 12.1 Å². The molecule has 0 aliphatic carbocycles. The van der Waals surface area contributed by atoms with Crippen LogP contribution in [0.2, 0.25) is 5.04 Å². The number of carbonyl (C=O) groups is 1. The number of nitrogens with zero attached hydrogens (tertiary/aromatic N) is 5. The number of ether oxygens (including phenoxy) is 1. The molecule has 12 nitrogen and oxygen atoms in total. The molecule has 49 heavy (non-hydrogen) atoms. The number of nitrogens with one attached hydrogen (secondary N) is 2. The van der Waals surface area contributed by atoms with Gasteiger partial charge in [0.15, 0.2) is 5.82 Å². The van der Waals surface area contributed by atoms with Gasteiger partial charge in [0, 0.05) is 18.8 Å². The molecule has 1 atom stereocenters. The lowest BCUT2D eigenvalue weighted by Crippen LogP contribution is -2.66. The van der Waals surface area contributed by atoms with Gasteiger partial charge in [-0.15, -0.1) is 0 Å². The second kappa shape index (κ2) is 15.6. The molecule has 0 unspecified atom stereocenters. The number of aliphatic hydroxyl groups is 1. The molecule has 5 aromatic rings. The van der Waals surface area contributed by atoms with Crippen molar-refractivity contribution in [1.82, 2.24) is 24.7 Å². The molecule has 0 saturated heterocycles. The van der Waals surface area contributed by atoms with Crippen LogP contribution in [0.25, 0.3) is 11.0 Å². The Morgan fingerprint density at radius 3 is 2.24 bits per heavy atom. The number of fused-ring (bicyclic) bond motifs is 1. The molecule has 0 bridgehead atoms. The van der Waals surface area contributed by atoms with Crippen LogP contribution in [0.3, 0.4) is 0 Å². The SMILES string of the molecule is CCC[C@@H](CCO[Si](c1ccccc1)(c1ccccc1)C(C)(C)C)Nc1nc(NC(=O)O)nc2cnn(Cc3ncc(CO)cc3OC)c12. The molecule has 3 heterocycles. The number of amides is 1. The maximum atomic E-state index is 11.6. The molecule has 258 valence electrons. The predicted octanol–water partition coefficient (Wildman–Crippen LogP) is 5.41. The van der Waals surface area contributed by atoms with E-state index in [-0.39, 0.29) is 30.2 Å². The molecule has 0 spiro atoms. The van der Waals surface area contributed by atoms with Gasteiger partial charge in [0.25, 0.3) is 8.32 Å². The van der Waals surface area contributed by atoms with E-state index in [1.165, 1.54) is 10.4 Å². The zero-order chi connectivity index (χ0) is 35.0. The van der Waals surface area contributed by atoms with Crippen molar-refractivity contribution in [3.8, 4) is 5.75 Å². The van der Waals surface area contributed by atoms with Crippen LogP contribution in [-0.2, 0) is 17.6 Å². The fraction of sp³-hybridized carbons (Fsp3) is 0.361. The summed E-state index contributed by atoms with van der Waals surface area (Å²) in [5, 5.41) is 31.8. The first-order chi connectivity index (χ1) is 23.6. The molecule has 4 N–H and O–H groups in total. The van der Waals surface area contributed by atoms with Gasteiger partial charge >= 0.3 is 6.09 Å². The first-order valence-corrected chi connectivity index (χ1v) is 18.4. The van der Waals surface area contributed by atoms with E-state index in [4.69, 9.17) is 9.16 Å². The van der Waals surface area contributed by atoms with Crippen molar-refractivity contribution in [1.29, 1.82) is 0 Å². The second-order valence-electron chi connectivity index (χ2n) is 12.9. The minimum Gasteiger partial charge on any atom is -0.495 e. The highest BCUT2D eigenvalue weighted by molar-refractivity contribution is 6.99. The summed E-state index contributed by atoms with van der Waals surface area (Å²) in [6.07, 6.45) is 4.31. The number of anilines is 2. The maximum absolute atomic E-state index is 11.6. The molecule has 13 heteroatoms. The fourth-order valence-electron chi connectivity index (χ4n) is 6.35. The van der Waals surface area contributed by atoms with Crippen LogP contribution in [-0.4, -0.2) is 69.1 Å². The summed E-state index contributed by atoms with van der Waals surface area (Å²) >= 11 is 0. The van der Waals surface area contributed by atoms with Gasteiger partial charge < -0.3 is 24.7 Å². The van der Waals surface area contributed by atoms with Gasteiger partial charge in [0.2, 0.25) is 5.95 Å². The van der Waals surface area contributed by atoms with Gasteiger partial charge in [-0.05, 0) is 39.9 Å². The van der Waals surface area contributed by atoms with Crippen molar-refractivity contribution < 1.29 is 24.2 Å². The average molecular weight is 684 g/mol. The monoisotopic (exact) mass is 683 g/mol. The zero-order valence-corrected chi connectivity index (χ0v) is 29.7. The van der Waals surface area contributed by atoms with Crippen molar-refractivity contribution in [3.63, 3.8) is 0 Å². The van der Waals surface area contributed by atoms with Crippen LogP contribution in [0, 0.1) is 0 Å². The highest BCUT2D eigenvalue weighted by Crippen LogP contribution is 2.37. The standard InChI is InChI=1S/C36H45N7O5Si/c1-6-13-26(18-19-48-49(36(2,3)4,27-14-9-7-10-15-27)28-16-11-8-12-17-28)39-33-32-29(40-34(41-33)42-35(45)46)22-38-43(32)23-30-31(47-5)20-25(24-44)21-37-30/h7-12,14-17,20-22,26,44H,6,13,18-19,23-24H2,1-5H3,(H,45,46)(H2,39,40,41,42)/t26-/m0/s1. The summed E-state index contributed by atoms with van der Waals surface area (Å²) < 4.78 is 14.5. The van der Waals surface area contributed by atoms with E-state index in [2.05, 4.69) is 107 Å². The lowest BCUT2D eigenvalue weighted by Gasteiger charge is -2.43. The summed E-state index contributed by atoms with van der Waals surface area (Å²) in [5.74, 6) is 0.907. The molecule has 0 radical (unpaired) electrons. The number of rotatable bonds is 15. The molecular formula is C36H45N7O5Si. The van der Waals surface area contributed by atoms with Crippen LogP contribution >= 0.6 is 0 Å². The second-order valence-corrected chi connectivity index (χ2v) is 17.2. The third-order valence-electron chi connectivity index (χ3n) is 8.58. The Morgan fingerprint density at radius 2 is 1.67 bits per heavy atom. The molecule has 1 amide bonds. The van der Waals surface area contributed by atoms with Crippen molar-refractivity contribution in [3.05, 3.63) is 90.4 Å². The minimum absolute atomic E-state index is 0.0520. The molecular weight excluding hydrogens is 639 g/mol. The Kier molecular flexibility index (Phi) is 11.3. The predicted molar refractivity (Wildman–Crippen MR) is 193 cm³/mol. The average Bonchev–Trinajstić information content (AvgIpc) is 3.49. The molecule has 2 aromatic carbocycles. The zero-order valence-electron chi connectivity index (χ0n) is 28.7. The summed E-state index contributed by atoms with van der Waals surface area (Å²) in [5.41, 5.74) is 2.29. The van der Waals surface area contributed by atoms with Crippen LogP contribution < -0.4 is 25.7 Å². The van der Waals surface area contributed by atoms with Gasteiger partial charge in [-0.2, -0.15) is 10.1 Å². The number of benzene rings is 2. The Balaban J connectivity index is 1.48. The number of hydrogen-bond acceptors (Lipinski definition) is 9. The first-order valence-electron chi connectivity index (χ1n) is 16.5. The van der Waals surface area contributed by atoms with Crippen molar-refractivity contribution >= 4 is 47.6 Å². The van der Waals surface area contributed by atoms with Crippen LogP contribution in [0.5, 0.6) is 5.75 Å². The number of aromatic nitrogens is 5. The highest BCUT2D eigenvalue weighted by atomic mass is 28.4. The third-order valence-corrected chi connectivity index (χ3v) is 13.6. The van der Waals surface area contributed by atoms with Crippen molar-refractivity contribution in [2.75, 3.05) is 24.4 Å². The van der Waals surface area contributed by atoms with Crippen molar-refractivity contribution in [2.45, 2.75) is 71.2 Å². The Labute approximate surface area is 287 Å². The molecule has 0 aliphatic heterocycles. The third kappa shape index (κ3) is 7.90. The number of pyridine rings is 1. The summed E-state index contributed by atoms with van der Waals surface area (Å²) in [4.78, 5) is 25.1. The fourth-order valence-corrected chi connectivity index (χ4v) is 10.9. The van der Waals surface area contributed by atoms with Crippen LogP contribution in [0.1, 0.15) is 58.2 Å². The Bertz CT molecular complexity index is 1810. The quantitative estimate of drug-likeness (QED) is 0.105. The van der Waals surface area contributed by atoms with Gasteiger partial charge in [-0.25, -0.2) is 9.78 Å². The molecule has 0 aliphatic rings. The molecule has 3 aromatic heterocycles. The highest BCUT2D eigenvalue weighted by Gasteiger charge is 2.50. The summed E-state index contributed by atoms with van der Waals surface area (Å²) in [6.45, 7) is 9.49. The van der Waals surface area contributed by atoms with E-state index in [9.17, 15) is 15.0 Å². The Hall–Kier alpha value is -4.85. The molecule has 0 fully saturated rings. The minimum atomic E-state index is -2.74. The summed E-state index contributed by atoms with van der Waals surface area (Å²) in [7, 11) is -1.19. The molecule has 0 saturated carbocycles. The van der Waals surface area contributed by atoms with Crippen molar-refractivity contribution in [2.24, 2.45) is 0 Å². The Morgan fingerprint density at radius 1 is 1.00 bits per heavy atom. The van der Waals surface area contributed by atoms with Gasteiger partial charge in [0.05, 0.1) is 26.5 Å². The topological polar surface area (TPSA) is 157 Å². The van der Waals surface area contributed by atoms with Gasteiger partial charge in [-0.1, -0.05) is 94.8 Å². The van der Waals surface area contributed by atoms with Crippen LogP contribution in [0.4, 0.5) is 16.6 Å². The van der Waals surface area contributed by atoms with E-state index in [0.717, 1.165) is 12.8 Å². The van der Waals surface area contributed by atoms with E-state index < -0.39 is 14.4 Å². The first kappa shape index (κ1) is 35.5. The van der Waals surface area contributed by atoms with Crippen LogP contribution in [0.15, 0.2) is 79.1 Å².